The fourth-order valence-electron chi connectivity index (χ4n) is 1.22. The van der Waals surface area contributed by atoms with Crippen molar-refractivity contribution in [1.29, 1.82) is 0 Å². The highest BCUT2D eigenvalue weighted by Gasteiger charge is 2.17. The smallest absolute Gasteiger partial charge is 0.423 e. The first-order chi connectivity index (χ1) is 7.41. The summed E-state index contributed by atoms with van der Waals surface area (Å²) in [5.74, 6) is -0.240. The number of hydrogen-bond acceptors (Lipinski definition) is 3. The molecule has 3 N–H and O–H groups in total. The summed E-state index contributed by atoms with van der Waals surface area (Å²) >= 11 is 5.81. The maximum absolute atomic E-state index is 11.6. The molecule has 86 valence electrons. The molecule has 0 bridgehead atoms. The molecule has 0 atom stereocenters. The van der Waals surface area contributed by atoms with Gasteiger partial charge in [0.25, 0.3) is 5.91 Å². The van der Waals surface area contributed by atoms with Gasteiger partial charge in [-0.1, -0.05) is 17.7 Å². The molecule has 0 aliphatic carbocycles. The van der Waals surface area contributed by atoms with Crippen LogP contribution < -0.4 is 10.8 Å². The minimum atomic E-state index is -1.63. The molecule has 1 aromatic rings. The van der Waals surface area contributed by atoms with Crippen molar-refractivity contribution in [3.05, 3.63) is 28.8 Å². The summed E-state index contributed by atoms with van der Waals surface area (Å²) in [6.45, 7) is 3.71. The Morgan fingerprint density at radius 2 is 2.06 bits per heavy atom. The van der Waals surface area contributed by atoms with Crippen molar-refractivity contribution < 1.29 is 14.8 Å². The Kier molecular flexibility index (Phi) is 4.35. The molecule has 0 aliphatic heterocycles. The van der Waals surface area contributed by atoms with Crippen LogP contribution in [0.4, 0.5) is 0 Å². The van der Waals surface area contributed by atoms with Crippen molar-refractivity contribution in [3.63, 3.8) is 0 Å². The highest BCUT2D eigenvalue weighted by atomic mass is 35.5. The number of rotatable bonds is 3. The lowest BCUT2D eigenvalue weighted by Crippen LogP contribution is -2.33. The molecule has 1 rings (SSSR count). The molecule has 0 saturated heterocycles. The van der Waals surface area contributed by atoms with Gasteiger partial charge in [0.05, 0.1) is 0 Å². The molecule has 4 nitrogen and oxygen atoms in total. The number of carbonyl (C=O) groups excluding carboxylic acids is 1. The van der Waals surface area contributed by atoms with Crippen LogP contribution in [0.3, 0.4) is 0 Å². The molecule has 0 aliphatic rings. The van der Waals surface area contributed by atoms with Crippen LogP contribution in [0, 0.1) is 0 Å². The van der Waals surface area contributed by atoms with Crippen LogP contribution in [0.5, 0.6) is 0 Å². The second kappa shape index (κ2) is 5.34. The predicted molar refractivity (Wildman–Crippen MR) is 63.9 cm³/mol. The molecule has 1 amide bonds. The van der Waals surface area contributed by atoms with Crippen molar-refractivity contribution in [2.45, 2.75) is 19.9 Å². The summed E-state index contributed by atoms with van der Waals surface area (Å²) in [5, 5.41) is 20.8. The van der Waals surface area contributed by atoms with Crippen LogP contribution in [0.2, 0.25) is 5.02 Å². The minimum Gasteiger partial charge on any atom is -0.423 e. The highest BCUT2D eigenvalue weighted by Crippen LogP contribution is 2.09. The van der Waals surface area contributed by atoms with Gasteiger partial charge in [-0.3, -0.25) is 4.79 Å². The number of halogens is 1. The molecular weight excluding hydrogens is 228 g/mol. The standard InChI is InChI=1S/C10H13BClNO3/c1-6(2)13-10(14)7-3-4-8(11(15)16)9(12)5-7/h3-6,15-16H,1-2H3,(H,13,14). The van der Waals surface area contributed by atoms with Gasteiger partial charge in [-0.2, -0.15) is 0 Å². The van der Waals surface area contributed by atoms with Gasteiger partial charge in [0, 0.05) is 22.1 Å². The first-order valence-corrected chi connectivity index (χ1v) is 5.26. The van der Waals surface area contributed by atoms with Gasteiger partial charge in [0.2, 0.25) is 0 Å². The summed E-state index contributed by atoms with van der Waals surface area (Å²) < 4.78 is 0. The van der Waals surface area contributed by atoms with Gasteiger partial charge in [-0.25, -0.2) is 0 Å². The predicted octanol–water partition coefficient (Wildman–Crippen LogP) is 0.158. The average molecular weight is 241 g/mol. The summed E-state index contributed by atoms with van der Waals surface area (Å²) in [7, 11) is -1.63. The minimum absolute atomic E-state index is 0.0365. The molecular formula is C10H13BClNO3. The lowest BCUT2D eigenvalue weighted by molar-refractivity contribution is 0.0943. The molecule has 1 aromatic carbocycles. The third-order valence-electron chi connectivity index (χ3n) is 1.96. The summed E-state index contributed by atoms with van der Waals surface area (Å²) in [5.41, 5.74) is 0.575. The van der Waals surface area contributed by atoms with E-state index in [9.17, 15) is 4.79 Å². The maximum atomic E-state index is 11.6. The highest BCUT2D eigenvalue weighted by molar-refractivity contribution is 6.62. The molecule has 0 aromatic heterocycles. The van der Waals surface area contributed by atoms with E-state index >= 15 is 0 Å². The fourth-order valence-corrected chi connectivity index (χ4v) is 1.50. The van der Waals surface area contributed by atoms with E-state index in [0.29, 0.717) is 5.56 Å². The third-order valence-corrected chi connectivity index (χ3v) is 2.29. The zero-order chi connectivity index (χ0) is 12.3. The van der Waals surface area contributed by atoms with Crippen LogP contribution in [0.25, 0.3) is 0 Å². The Hall–Kier alpha value is -1.04. The molecule has 6 heteroatoms. The van der Waals surface area contributed by atoms with E-state index < -0.39 is 7.12 Å². The van der Waals surface area contributed by atoms with E-state index in [-0.39, 0.29) is 22.4 Å². The topological polar surface area (TPSA) is 69.6 Å². The van der Waals surface area contributed by atoms with Crippen molar-refractivity contribution in [2.24, 2.45) is 0 Å². The van der Waals surface area contributed by atoms with Gasteiger partial charge >= 0.3 is 7.12 Å². The Morgan fingerprint density at radius 1 is 1.44 bits per heavy atom. The van der Waals surface area contributed by atoms with E-state index in [1.165, 1.54) is 18.2 Å². The number of carbonyl (C=O) groups is 1. The molecule has 0 heterocycles. The number of nitrogens with one attached hydrogen (secondary N) is 1. The van der Waals surface area contributed by atoms with Gasteiger partial charge in [0.15, 0.2) is 0 Å². The van der Waals surface area contributed by atoms with Gasteiger partial charge < -0.3 is 15.4 Å². The quantitative estimate of drug-likeness (QED) is 0.660. The summed E-state index contributed by atoms with van der Waals surface area (Å²) in [4.78, 5) is 11.6. The summed E-state index contributed by atoms with van der Waals surface area (Å²) in [6, 6.07) is 4.36. The number of amides is 1. The Balaban J connectivity index is 2.93. The summed E-state index contributed by atoms with van der Waals surface area (Å²) in [6.07, 6.45) is 0. The number of hydrogen-bond donors (Lipinski definition) is 3. The van der Waals surface area contributed by atoms with E-state index in [2.05, 4.69) is 5.32 Å². The average Bonchev–Trinajstić information content (AvgIpc) is 2.15. The molecule has 16 heavy (non-hydrogen) atoms. The fraction of sp³-hybridized carbons (Fsp3) is 0.300. The van der Waals surface area contributed by atoms with Crippen LogP contribution in [-0.2, 0) is 0 Å². The molecule has 0 saturated carbocycles. The monoisotopic (exact) mass is 241 g/mol. The number of benzene rings is 1. The second-order valence-corrected chi connectivity index (χ2v) is 4.15. The SMILES string of the molecule is CC(C)NC(=O)c1ccc(B(O)O)c(Cl)c1. The van der Waals surface area contributed by atoms with Crippen molar-refractivity contribution in [2.75, 3.05) is 0 Å². The molecule has 0 spiro atoms. The maximum Gasteiger partial charge on any atom is 0.489 e. The largest absolute Gasteiger partial charge is 0.489 e. The van der Waals surface area contributed by atoms with E-state index in [1.807, 2.05) is 13.8 Å². The molecule has 0 unspecified atom stereocenters. The lowest BCUT2D eigenvalue weighted by atomic mass is 9.80. The first-order valence-electron chi connectivity index (χ1n) is 4.88. The Labute approximate surface area is 99.4 Å². The Morgan fingerprint density at radius 3 is 2.50 bits per heavy atom. The second-order valence-electron chi connectivity index (χ2n) is 3.74. The Bertz CT molecular complexity index is 396. The van der Waals surface area contributed by atoms with E-state index in [4.69, 9.17) is 21.6 Å². The van der Waals surface area contributed by atoms with Gasteiger partial charge in [-0.05, 0) is 26.0 Å². The van der Waals surface area contributed by atoms with E-state index in [0.717, 1.165) is 0 Å². The van der Waals surface area contributed by atoms with Crippen LogP contribution in [0.15, 0.2) is 18.2 Å². The van der Waals surface area contributed by atoms with Gasteiger partial charge in [0.1, 0.15) is 0 Å². The first kappa shape index (κ1) is 13.0. The lowest BCUT2D eigenvalue weighted by Gasteiger charge is -2.09. The van der Waals surface area contributed by atoms with Crippen molar-refractivity contribution in [1.82, 2.24) is 5.32 Å². The van der Waals surface area contributed by atoms with Crippen LogP contribution in [0.1, 0.15) is 24.2 Å². The van der Waals surface area contributed by atoms with Gasteiger partial charge in [-0.15, -0.1) is 0 Å². The molecule has 0 fully saturated rings. The zero-order valence-corrected chi connectivity index (χ0v) is 9.82. The van der Waals surface area contributed by atoms with E-state index in [1.54, 1.807) is 0 Å². The van der Waals surface area contributed by atoms with Crippen LogP contribution >= 0.6 is 11.6 Å². The van der Waals surface area contributed by atoms with Crippen molar-refractivity contribution >= 4 is 30.1 Å². The zero-order valence-electron chi connectivity index (χ0n) is 9.07. The normalized spacial score (nSPS) is 10.4. The van der Waals surface area contributed by atoms with Crippen LogP contribution in [-0.4, -0.2) is 29.1 Å². The molecule has 0 radical (unpaired) electrons. The van der Waals surface area contributed by atoms with Crippen molar-refractivity contribution in [3.8, 4) is 0 Å². The third kappa shape index (κ3) is 3.23.